The van der Waals surface area contributed by atoms with Crippen LogP contribution in [-0.4, -0.2) is 28.9 Å². The van der Waals surface area contributed by atoms with Gasteiger partial charge in [0.1, 0.15) is 12.4 Å². The molecule has 0 aliphatic rings. The van der Waals surface area contributed by atoms with Gasteiger partial charge in [-0.3, -0.25) is 9.78 Å². The maximum Gasteiger partial charge on any atom is 0.246 e. The van der Waals surface area contributed by atoms with Crippen molar-refractivity contribution in [1.82, 2.24) is 9.88 Å². The molecule has 0 N–H and O–H groups in total. The number of likely N-dealkylation sites (N-methyl/N-ethyl adjacent to an activating group) is 1. The second kappa shape index (κ2) is 9.24. The fraction of sp³-hybridized carbons (Fsp3) is 0.250. The lowest BCUT2D eigenvalue weighted by Gasteiger charge is -2.21. The Balaban J connectivity index is 1.89. The van der Waals surface area contributed by atoms with Gasteiger partial charge in [0.05, 0.1) is 12.5 Å². The minimum absolute atomic E-state index is 0.106. The Morgan fingerprint density at radius 1 is 1.36 bits per heavy atom. The number of pyridine rings is 1. The molecule has 2 rings (SSSR count). The number of nitrogens with zero attached hydrogens (tertiary/aromatic N) is 3. The summed E-state index contributed by atoms with van der Waals surface area (Å²) in [6, 6.07) is 13.3. The number of nitriles is 1. The van der Waals surface area contributed by atoms with Crippen molar-refractivity contribution in [2.45, 2.75) is 26.0 Å². The first-order valence-electron chi connectivity index (χ1n) is 8.03. The molecule has 0 saturated heterocycles. The molecule has 1 aromatic heterocycles. The van der Waals surface area contributed by atoms with E-state index >= 15 is 0 Å². The molecule has 0 fully saturated rings. The Labute approximate surface area is 148 Å². The van der Waals surface area contributed by atoms with Crippen LogP contribution < -0.4 is 4.74 Å². The van der Waals surface area contributed by atoms with Crippen LogP contribution in [0.2, 0.25) is 0 Å². The van der Waals surface area contributed by atoms with Crippen molar-refractivity contribution in [3.63, 3.8) is 0 Å². The number of carbonyl (C=O) groups excluding carboxylic acids is 1. The topological polar surface area (TPSA) is 66.2 Å². The summed E-state index contributed by atoms with van der Waals surface area (Å²) in [5.41, 5.74) is 1.91. The summed E-state index contributed by atoms with van der Waals surface area (Å²) >= 11 is 0. The van der Waals surface area contributed by atoms with E-state index in [0.717, 1.165) is 16.9 Å². The van der Waals surface area contributed by atoms with Crippen LogP contribution in [0, 0.1) is 11.3 Å². The number of hydrogen-bond acceptors (Lipinski definition) is 4. The minimum Gasteiger partial charge on any atom is -0.489 e. The highest BCUT2D eigenvalue weighted by Gasteiger charge is 2.12. The minimum atomic E-state index is -0.125. The van der Waals surface area contributed by atoms with Gasteiger partial charge in [-0.05, 0) is 36.8 Å². The Morgan fingerprint density at radius 2 is 2.12 bits per heavy atom. The molecular formula is C20H21N3O2. The number of benzene rings is 1. The highest BCUT2D eigenvalue weighted by molar-refractivity contribution is 5.91. The fourth-order valence-electron chi connectivity index (χ4n) is 2.10. The monoisotopic (exact) mass is 335 g/mol. The summed E-state index contributed by atoms with van der Waals surface area (Å²) in [5.74, 6) is 0.631. The van der Waals surface area contributed by atoms with Gasteiger partial charge >= 0.3 is 0 Å². The Hall–Kier alpha value is -3.13. The molecule has 0 bridgehead atoms. The maximum atomic E-state index is 12.1. The average Bonchev–Trinajstić information content (AvgIpc) is 2.65. The zero-order chi connectivity index (χ0) is 18.1. The third-order valence-electron chi connectivity index (χ3n) is 3.82. The lowest BCUT2D eigenvalue weighted by Crippen LogP contribution is -2.33. The first-order chi connectivity index (χ1) is 12.1. The smallest absolute Gasteiger partial charge is 0.246 e. The summed E-state index contributed by atoms with van der Waals surface area (Å²) in [4.78, 5) is 17.7. The third kappa shape index (κ3) is 5.78. The van der Waals surface area contributed by atoms with E-state index in [9.17, 15) is 4.79 Å². The summed E-state index contributed by atoms with van der Waals surface area (Å²) < 4.78 is 5.70. The zero-order valence-electron chi connectivity index (χ0n) is 14.4. The molecule has 0 saturated carbocycles. The molecule has 1 unspecified atom stereocenters. The SMILES string of the molecule is CC(CC#N)N(C)C(=O)C=Cc1ccc(OCc2cccnc2)cc1. The van der Waals surface area contributed by atoms with E-state index in [1.165, 1.54) is 6.08 Å². The number of hydrogen-bond donors (Lipinski definition) is 0. The molecule has 128 valence electrons. The van der Waals surface area contributed by atoms with Crippen LogP contribution in [0.15, 0.2) is 54.9 Å². The van der Waals surface area contributed by atoms with Crippen LogP contribution >= 0.6 is 0 Å². The van der Waals surface area contributed by atoms with E-state index in [1.807, 2.05) is 43.3 Å². The number of amides is 1. The van der Waals surface area contributed by atoms with Gasteiger partial charge in [-0.1, -0.05) is 18.2 Å². The van der Waals surface area contributed by atoms with E-state index < -0.39 is 0 Å². The largest absolute Gasteiger partial charge is 0.489 e. The molecule has 0 spiro atoms. The summed E-state index contributed by atoms with van der Waals surface area (Å²) in [5, 5.41) is 8.70. The Kier molecular flexibility index (Phi) is 6.73. The average molecular weight is 335 g/mol. The van der Waals surface area contributed by atoms with Crippen molar-refractivity contribution in [3.8, 4) is 11.8 Å². The Morgan fingerprint density at radius 3 is 2.76 bits per heavy atom. The molecule has 1 amide bonds. The third-order valence-corrected chi connectivity index (χ3v) is 3.82. The second-order valence-electron chi connectivity index (χ2n) is 5.71. The molecule has 25 heavy (non-hydrogen) atoms. The van der Waals surface area contributed by atoms with Crippen molar-refractivity contribution < 1.29 is 9.53 Å². The van der Waals surface area contributed by atoms with Crippen LogP contribution in [-0.2, 0) is 11.4 Å². The highest BCUT2D eigenvalue weighted by Crippen LogP contribution is 2.15. The van der Waals surface area contributed by atoms with Crippen LogP contribution in [0.4, 0.5) is 0 Å². The van der Waals surface area contributed by atoms with Crippen LogP contribution in [0.3, 0.4) is 0 Å². The molecule has 1 aromatic carbocycles. The standard InChI is InChI=1S/C20H21N3O2/c1-16(11-12-21)23(2)20(24)10-7-17-5-8-19(9-6-17)25-15-18-4-3-13-22-14-18/h3-10,13-14,16H,11,15H2,1-2H3. The van der Waals surface area contributed by atoms with E-state index in [1.54, 1.807) is 30.4 Å². The van der Waals surface area contributed by atoms with E-state index in [-0.39, 0.29) is 11.9 Å². The number of ether oxygens (including phenoxy) is 1. The normalized spacial score (nSPS) is 11.7. The number of carbonyl (C=O) groups is 1. The first-order valence-corrected chi connectivity index (χ1v) is 8.03. The highest BCUT2D eigenvalue weighted by atomic mass is 16.5. The molecule has 0 aliphatic heterocycles. The van der Waals surface area contributed by atoms with Gasteiger partial charge in [0.15, 0.2) is 0 Å². The van der Waals surface area contributed by atoms with Gasteiger partial charge in [0, 0.05) is 37.1 Å². The van der Waals surface area contributed by atoms with Gasteiger partial charge in [-0.15, -0.1) is 0 Å². The molecule has 0 aliphatic carbocycles. The van der Waals surface area contributed by atoms with Crippen LogP contribution in [0.5, 0.6) is 5.75 Å². The predicted molar refractivity (Wildman–Crippen MR) is 96.5 cm³/mol. The van der Waals surface area contributed by atoms with Gasteiger partial charge in [0.2, 0.25) is 5.91 Å². The van der Waals surface area contributed by atoms with Gasteiger partial charge in [-0.2, -0.15) is 5.26 Å². The van der Waals surface area contributed by atoms with Gasteiger partial charge < -0.3 is 9.64 Å². The zero-order valence-corrected chi connectivity index (χ0v) is 14.4. The summed E-state index contributed by atoms with van der Waals surface area (Å²) in [7, 11) is 1.70. The van der Waals surface area contributed by atoms with Crippen molar-refractivity contribution in [2.75, 3.05) is 7.05 Å². The van der Waals surface area contributed by atoms with Crippen molar-refractivity contribution in [2.24, 2.45) is 0 Å². The predicted octanol–water partition coefficient (Wildman–Crippen LogP) is 3.43. The lowest BCUT2D eigenvalue weighted by atomic mass is 10.2. The molecule has 1 atom stereocenters. The van der Waals surface area contributed by atoms with Gasteiger partial charge in [0.25, 0.3) is 0 Å². The summed E-state index contributed by atoms with van der Waals surface area (Å²) in [6.07, 6.45) is 7.08. The van der Waals surface area contributed by atoms with E-state index in [0.29, 0.717) is 13.0 Å². The van der Waals surface area contributed by atoms with Crippen LogP contribution in [0.1, 0.15) is 24.5 Å². The molecule has 0 radical (unpaired) electrons. The maximum absolute atomic E-state index is 12.1. The first kappa shape index (κ1) is 18.2. The van der Waals surface area contributed by atoms with E-state index in [2.05, 4.69) is 11.1 Å². The molecule has 5 heteroatoms. The quantitative estimate of drug-likeness (QED) is 0.727. The Bertz CT molecular complexity index is 749. The van der Waals surface area contributed by atoms with Crippen molar-refractivity contribution >= 4 is 12.0 Å². The van der Waals surface area contributed by atoms with Crippen molar-refractivity contribution in [1.29, 1.82) is 5.26 Å². The molecule has 2 aromatic rings. The summed E-state index contributed by atoms with van der Waals surface area (Å²) in [6.45, 7) is 2.31. The number of aromatic nitrogens is 1. The molecular weight excluding hydrogens is 314 g/mol. The van der Waals surface area contributed by atoms with Crippen LogP contribution in [0.25, 0.3) is 6.08 Å². The van der Waals surface area contributed by atoms with Crippen molar-refractivity contribution in [3.05, 3.63) is 66.0 Å². The lowest BCUT2D eigenvalue weighted by molar-refractivity contribution is -0.126. The second-order valence-corrected chi connectivity index (χ2v) is 5.71. The van der Waals surface area contributed by atoms with Gasteiger partial charge in [-0.25, -0.2) is 0 Å². The molecule has 1 heterocycles. The molecule has 5 nitrogen and oxygen atoms in total. The fourth-order valence-corrected chi connectivity index (χ4v) is 2.10. The van der Waals surface area contributed by atoms with E-state index in [4.69, 9.17) is 10.00 Å². The number of rotatable bonds is 7.